The molecule has 0 bridgehead atoms. The van der Waals surface area contributed by atoms with Crippen LogP contribution in [-0.4, -0.2) is 22.6 Å². The van der Waals surface area contributed by atoms with Gasteiger partial charge in [0.1, 0.15) is 5.69 Å². The van der Waals surface area contributed by atoms with Crippen molar-refractivity contribution < 1.29 is 23.1 Å². The van der Waals surface area contributed by atoms with E-state index >= 15 is 0 Å². The van der Waals surface area contributed by atoms with Crippen LogP contribution in [0.15, 0.2) is 18.3 Å². The number of hydrogen-bond acceptors (Lipinski definition) is 3. The van der Waals surface area contributed by atoms with Crippen molar-refractivity contribution in [3.05, 3.63) is 24.0 Å². The van der Waals surface area contributed by atoms with E-state index in [1.54, 1.807) is 0 Å². The van der Waals surface area contributed by atoms with E-state index < -0.39 is 11.9 Å². The van der Waals surface area contributed by atoms with E-state index in [1.165, 1.54) is 6.07 Å². The SMILES string of the molecule is O=C(CCCCCO)Nc1ccnc(C(F)(F)F)c1. The third-order valence-corrected chi connectivity index (χ3v) is 2.40. The van der Waals surface area contributed by atoms with E-state index in [-0.39, 0.29) is 24.6 Å². The number of halogens is 3. The van der Waals surface area contributed by atoms with Crippen molar-refractivity contribution in [1.82, 2.24) is 4.98 Å². The molecule has 0 fully saturated rings. The van der Waals surface area contributed by atoms with E-state index in [0.717, 1.165) is 12.3 Å². The molecular weight excluding hydrogens is 261 g/mol. The molecule has 1 rings (SSSR count). The first-order valence-corrected chi connectivity index (χ1v) is 5.87. The van der Waals surface area contributed by atoms with Crippen LogP contribution in [0.4, 0.5) is 18.9 Å². The Morgan fingerprint density at radius 2 is 2.05 bits per heavy atom. The summed E-state index contributed by atoms with van der Waals surface area (Å²) < 4.78 is 37.2. The predicted octanol–water partition coefficient (Wildman–Crippen LogP) is 2.59. The second-order valence-corrected chi connectivity index (χ2v) is 4.01. The summed E-state index contributed by atoms with van der Waals surface area (Å²) in [4.78, 5) is 14.7. The molecule has 0 radical (unpaired) electrons. The first-order valence-electron chi connectivity index (χ1n) is 5.87. The van der Waals surface area contributed by atoms with Gasteiger partial charge in [-0.15, -0.1) is 0 Å². The van der Waals surface area contributed by atoms with Gasteiger partial charge in [-0.3, -0.25) is 9.78 Å². The van der Waals surface area contributed by atoms with Crippen LogP contribution in [0.5, 0.6) is 0 Å². The first kappa shape index (κ1) is 15.4. The Morgan fingerprint density at radius 1 is 1.32 bits per heavy atom. The number of carbonyl (C=O) groups excluding carboxylic acids is 1. The molecule has 2 N–H and O–H groups in total. The van der Waals surface area contributed by atoms with Crippen molar-refractivity contribution in [3.63, 3.8) is 0 Å². The number of hydrogen-bond donors (Lipinski definition) is 2. The maximum atomic E-state index is 12.4. The van der Waals surface area contributed by atoms with Gasteiger partial charge in [-0.25, -0.2) is 0 Å². The molecule has 1 aromatic rings. The van der Waals surface area contributed by atoms with E-state index in [0.29, 0.717) is 19.3 Å². The van der Waals surface area contributed by atoms with Gasteiger partial charge < -0.3 is 10.4 Å². The number of alkyl halides is 3. The number of aliphatic hydroxyl groups is 1. The normalized spacial score (nSPS) is 11.4. The summed E-state index contributed by atoms with van der Waals surface area (Å²) in [6.07, 6.45) is -1.41. The van der Waals surface area contributed by atoms with Gasteiger partial charge in [0.2, 0.25) is 5.91 Å². The lowest BCUT2D eigenvalue weighted by Crippen LogP contribution is -2.13. The number of anilines is 1. The number of aromatic nitrogens is 1. The lowest BCUT2D eigenvalue weighted by molar-refractivity contribution is -0.141. The van der Waals surface area contributed by atoms with E-state index in [9.17, 15) is 18.0 Å². The fourth-order valence-electron chi connectivity index (χ4n) is 1.46. The average molecular weight is 276 g/mol. The summed E-state index contributed by atoms with van der Waals surface area (Å²) in [5, 5.41) is 10.9. The molecule has 19 heavy (non-hydrogen) atoms. The Morgan fingerprint density at radius 3 is 2.68 bits per heavy atom. The molecule has 4 nitrogen and oxygen atoms in total. The third-order valence-electron chi connectivity index (χ3n) is 2.40. The van der Waals surface area contributed by atoms with Crippen LogP contribution < -0.4 is 5.32 Å². The third kappa shape index (κ3) is 5.69. The fraction of sp³-hybridized carbons (Fsp3) is 0.500. The summed E-state index contributed by atoms with van der Waals surface area (Å²) >= 11 is 0. The lowest BCUT2D eigenvalue weighted by atomic mass is 10.2. The van der Waals surface area contributed by atoms with Crippen molar-refractivity contribution in [2.45, 2.75) is 31.9 Å². The van der Waals surface area contributed by atoms with Gasteiger partial charge in [-0.05, 0) is 25.0 Å². The van der Waals surface area contributed by atoms with E-state index in [2.05, 4.69) is 10.3 Å². The number of pyridine rings is 1. The molecule has 0 unspecified atom stereocenters. The molecule has 106 valence electrons. The minimum absolute atomic E-state index is 0.0704. The number of amides is 1. The highest BCUT2D eigenvalue weighted by Gasteiger charge is 2.32. The van der Waals surface area contributed by atoms with Gasteiger partial charge in [0, 0.05) is 24.9 Å². The quantitative estimate of drug-likeness (QED) is 0.785. The van der Waals surface area contributed by atoms with Gasteiger partial charge in [0.15, 0.2) is 0 Å². The van der Waals surface area contributed by atoms with Gasteiger partial charge in [-0.1, -0.05) is 6.42 Å². The highest BCUT2D eigenvalue weighted by Crippen LogP contribution is 2.28. The maximum absolute atomic E-state index is 12.4. The zero-order valence-electron chi connectivity index (χ0n) is 10.2. The summed E-state index contributed by atoms with van der Waals surface area (Å²) in [5.74, 6) is -0.350. The minimum Gasteiger partial charge on any atom is -0.396 e. The first-order chi connectivity index (χ1) is 8.93. The van der Waals surface area contributed by atoms with Crippen molar-refractivity contribution in [2.75, 3.05) is 11.9 Å². The highest BCUT2D eigenvalue weighted by atomic mass is 19.4. The summed E-state index contributed by atoms with van der Waals surface area (Å²) in [6.45, 7) is 0.0704. The molecule has 0 saturated heterocycles. The Bertz CT molecular complexity index is 422. The van der Waals surface area contributed by atoms with Crippen LogP contribution in [0.3, 0.4) is 0 Å². The van der Waals surface area contributed by atoms with Gasteiger partial charge >= 0.3 is 6.18 Å². The highest BCUT2D eigenvalue weighted by molar-refractivity contribution is 5.90. The predicted molar refractivity (Wildman–Crippen MR) is 63.4 cm³/mol. The Labute approximate surface area is 108 Å². The molecule has 0 aliphatic heterocycles. The molecule has 0 saturated carbocycles. The Balaban J connectivity index is 2.50. The lowest BCUT2D eigenvalue weighted by Gasteiger charge is -2.08. The van der Waals surface area contributed by atoms with Crippen LogP contribution in [0.2, 0.25) is 0 Å². The number of aliphatic hydroxyl groups excluding tert-OH is 1. The molecule has 0 spiro atoms. The summed E-state index contributed by atoms with van der Waals surface area (Å²) in [6, 6.07) is 2.10. The van der Waals surface area contributed by atoms with Crippen LogP contribution in [0, 0.1) is 0 Å². The molecule has 0 atom stereocenters. The molecular formula is C12H15F3N2O2. The molecule has 0 aromatic carbocycles. The van der Waals surface area contributed by atoms with Crippen LogP contribution >= 0.6 is 0 Å². The zero-order valence-corrected chi connectivity index (χ0v) is 10.2. The molecule has 0 aliphatic rings. The van der Waals surface area contributed by atoms with Gasteiger partial charge in [0.05, 0.1) is 0 Å². The largest absolute Gasteiger partial charge is 0.433 e. The molecule has 1 amide bonds. The van der Waals surface area contributed by atoms with Crippen molar-refractivity contribution in [1.29, 1.82) is 0 Å². The van der Waals surface area contributed by atoms with Crippen LogP contribution in [0.1, 0.15) is 31.4 Å². The zero-order chi connectivity index (χ0) is 14.3. The number of rotatable bonds is 6. The molecule has 1 aromatic heterocycles. The van der Waals surface area contributed by atoms with Crippen LogP contribution in [0.25, 0.3) is 0 Å². The van der Waals surface area contributed by atoms with Crippen molar-refractivity contribution >= 4 is 11.6 Å². The maximum Gasteiger partial charge on any atom is 0.433 e. The molecule has 0 aliphatic carbocycles. The minimum atomic E-state index is -4.53. The molecule has 1 heterocycles. The van der Waals surface area contributed by atoms with Crippen molar-refractivity contribution in [3.8, 4) is 0 Å². The number of nitrogens with zero attached hydrogens (tertiary/aromatic N) is 1. The van der Waals surface area contributed by atoms with Crippen LogP contribution in [-0.2, 0) is 11.0 Å². The topological polar surface area (TPSA) is 62.2 Å². The number of unbranched alkanes of at least 4 members (excludes halogenated alkanes) is 2. The molecule has 7 heteroatoms. The summed E-state index contributed by atoms with van der Waals surface area (Å²) in [7, 11) is 0. The van der Waals surface area contributed by atoms with E-state index in [1.807, 2.05) is 0 Å². The van der Waals surface area contributed by atoms with E-state index in [4.69, 9.17) is 5.11 Å². The Kier molecular flexibility index (Phi) is 5.75. The number of nitrogens with one attached hydrogen (secondary N) is 1. The van der Waals surface area contributed by atoms with Gasteiger partial charge in [-0.2, -0.15) is 13.2 Å². The monoisotopic (exact) mass is 276 g/mol. The summed E-state index contributed by atoms with van der Waals surface area (Å²) in [5.41, 5.74) is -0.958. The Hall–Kier alpha value is -1.63. The number of carbonyl (C=O) groups is 1. The van der Waals surface area contributed by atoms with Crippen molar-refractivity contribution in [2.24, 2.45) is 0 Å². The average Bonchev–Trinajstić information content (AvgIpc) is 2.34. The second-order valence-electron chi connectivity index (χ2n) is 4.01. The standard InChI is InChI=1S/C12H15F3N2O2/c13-12(14,15)10-8-9(5-6-16-10)17-11(19)4-2-1-3-7-18/h5-6,8,18H,1-4,7H2,(H,16,17,19). The fourth-order valence-corrected chi connectivity index (χ4v) is 1.46. The van der Waals surface area contributed by atoms with Gasteiger partial charge in [0.25, 0.3) is 0 Å². The smallest absolute Gasteiger partial charge is 0.396 e. The second kappa shape index (κ2) is 7.08.